The SMILES string of the molecule is O=C(NO)c1cc(F)c(Cl)cc1F. The number of hydroxylamine groups is 1. The first-order valence-electron chi connectivity index (χ1n) is 3.15. The molecule has 0 aromatic heterocycles. The molecule has 70 valence electrons. The van der Waals surface area contributed by atoms with E-state index < -0.39 is 28.1 Å². The summed E-state index contributed by atoms with van der Waals surface area (Å²) in [7, 11) is 0. The fourth-order valence-electron chi connectivity index (χ4n) is 0.757. The molecule has 0 aliphatic rings. The molecule has 0 saturated heterocycles. The van der Waals surface area contributed by atoms with Crippen molar-refractivity contribution in [1.29, 1.82) is 0 Å². The monoisotopic (exact) mass is 207 g/mol. The fraction of sp³-hybridized carbons (Fsp3) is 0. The third-order valence-corrected chi connectivity index (χ3v) is 1.65. The Hall–Kier alpha value is -1.20. The van der Waals surface area contributed by atoms with Crippen LogP contribution in [0.5, 0.6) is 0 Å². The average Bonchev–Trinajstić information content (AvgIpc) is 2.10. The maximum Gasteiger partial charge on any atom is 0.277 e. The largest absolute Gasteiger partial charge is 0.288 e. The molecular formula is C7H4ClF2NO2. The Balaban J connectivity index is 3.23. The molecule has 0 saturated carbocycles. The molecule has 0 unspecified atom stereocenters. The minimum Gasteiger partial charge on any atom is -0.288 e. The zero-order valence-corrected chi connectivity index (χ0v) is 6.90. The van der Waals surface area contributed by atoms with E-state index in [0.717, 1.165) is 0 Å². The third kappa shape index (κ3) is 1.93. The molecule has 0 bridgehead atoms. The van der Waals surface area contributed by atoms with Gasteiger partial charge in [0.1, 0.15) is 11.6 Å². The standard InChI is InChI=1S/C7H4ClF2NO2/c8-4-2-5(9)3(1-6(4)10)7(12)11-13/h1-2,13H,(H,11,12). The molecule has 0 aliphatic carbocycles. The molecule has 0 heterocycles. The highest BCUT2D eigenvalue weighted by Crippen LogP contribution is 2.18. The van der Waals surface area contributed by atoms with Crippen molar-refractivity contribution in [2.45, 2.75) is 0 Å². The van der Waals surface area contributed by atoms with Gasteiger partial charge in [-0.2, -0.15) is 0 Å². The number of nitrogens with one attached hydrogen (secondary N) is 1. The summed E-state index contributed by atoms with van der Waals surface area (Å²) in [4.78, 5) is 10.7. The van der Waals surface area contributed by atoms with Gasteiger partial charge in [-0.1, -0.05) is 11.6 Å². The van der Waals surface area contributed by atoms with Crippen LogP contribution in [0.1, 0.15) is 10.4 Å². The summed E-state index contributed by atoms with van der Waals surface area (Å²) in [6, 6.07) is 1.25. The van der Waals surface area contributed by atoms with Gasteiger partial charge in [0.2, 0.25) is 0 Å². The maximum absolute atomic E-state index is 12.8. The number of halogens is 3. The van der Waals surface area contributed by atoms with Gasteiger partial charge in [0.25, 0.3) is 5.91 Å². The van der Waals surface area contributed by atoms with E-state index in [2.05, 4.69) is 0 Å². The lowest BCUT2D eigenvalue weighted by Gasteiger charge is -2.01. The summed E-state index contributed by atoms with van der Waals surface area (Å²) in [6.45, 7) is 0. The second-order valence-corrected chi connectivity index (χ2v) is 2.59. The number of carbonyl (C=O) groups excluding carboxylic acids is 1. The van der Waals surface area contributed by atoms with Gasteiger partial charge in [-0.3, -0.25) is 10.0 Å². The number of benzene rings is 1. The van der Waals surface area contributed by atoms with Crippen molar-refractivity contribution in [3.63, 3.8) is 0 Å². The molecule has 3 nitrogen and oxygen atoms in total. The van der Waals surface area contributed by atoms with Crippen LogP contribution in [0.2, 0.25) is 5.02 Å². The summed E-state index contributed by atoms with van der Waals surface area (Å²) in [5.41, 5.74) is 0.573. The third-order valence-electron chi connectivity index (χ3n) is 1.36. The van der Waals surface area contributed by atoms with Crippen molar-refractivity contribution in [2.24, 2.45) is 0 Å². The van der Waals surface area contributed by atoms with Gasteiger partial charge in [0.15, 0.2) is 0 Å². The predicted octanol–water partition coefficient (Wildman–Crippen LogP) is 1.74. The summed E-state index contributed by atoms with van der Waals surface area (Å²) in [5.74, 6) is -3.06. The number of carbonyl (C=O) groups is 1. The van der Waals surface area contributed by atoms with Crippen LogP contribution in [0, 0.1) is 11.6 Å². The lowest BCUT2D eigenvalue weighted by molar-refractivity contribution is 0.0701. The predicted molar refractivity (Wildman–Crippen MR) is 40.6 cm³/mol. The van der Waals surface area contributed by atoms with E-state index in [1.165, 1.54) is 5.48 Å². The van der Waals surface area contributed by atoms with Crippen LogP contribution in [-0.4, -0.2) is 11.1 Å². The van der Waals surface area contributed by atoms with Crippen LogP contribution in [-0.2, 0) is 0 Å². The van der Waals surface area contributed by atoms with E-state index in [1.807, 2.05) is 0 Å². The van der Waals surface area contributed by atoms with E-state index in [9.17, 15) is 13.6 Å². The second kappa shape index (κ2) is 3.68. The summed E-state index contributed by atoms with van der Waals surface area (Å²) < 4.78 is 25.5. The summed E-state index contributed by atoms with van der Waals surface area (Å²) in [5, 5.41) is 7.73. The van der Waals surface area contributed by atoms with E-state index in [4.69, 9.17) is 16.8 Å². The molecule has 0 aliphatic heterocycles. The van der Waals surface area contributed by atoms with E-state index in [0.29, 0.717) is 12.1 Å². The number of rotatable bonds is 1. The second-order valence-electron chi connectivity index (χ2n) is 2.19. The highest BCUT2D eigenvalue weighted by atomic mass is 35.5. The smallest absolute Gasteiger partial charge is 0.277 e. The van der Waals surface area contributed by atoms with Gasteiger partial charge < -0.3 is 0 Å². The van der Waals surface area contributed by atoms with E-state index >= 15 is 0 Å². The lowest BCUT2D eigenvalue weighted by atomic mass is 10.2. The van der Waals surface area contributed by atoms with Crippen LogP contribution >= 0.6 is 11.6 Å². The molecule has 1 aromatic rings. The Morgan fingerprint density at radius 3 is 2.54 bits per heavy atom. The number of hydrogen-bond donors (Lipinski definition) is 2. The van der Waals surface area contributed by atoms with Crippen LogP contribution in [0.15, 0.2) is 12.1 Å². The van der Waals surface area contributed by atoms with E-state index in [1.54, 1.807) is 0 Å². The molecule has 6 heteroatoms. The lowest BCUT2D eigenvalue weighted by Crippen LogP contribution is -2.20. The summed E-state index contributed by atoms with van der Waals surface area (Å²) in [6.07, 6.45) is 0. The molecular weight excluding hydrogens is 204 g/mol. The molecule has 0 spiro atoms. The van der Waals surface area contributed by atoms with Gasteiger partial charge in [-0.25, -0.2) is 14.3 Å². The zero-order chi connectivity index (χ0) is 10.0. The van der Waals surface area contributed by atoms with Crippen LogP contribution in [0.4, 0.5) is 8.78 Å². The van der Waals surface area contributed by atoms with Crippen molar-refractivity contribution in [1.82, 2.24) is 5.48 Å². The Labute approximate surface area is 76.9 Å². The molecule has 13 heavy (non-hydrogen) atoms. The van der Waals surface area contributed by atoms with Crippen molar-refractivity contribution in [3.8, 4) is 0 Å². The van der Waals surface area contributed by atoms with Gasteiger partial charge in [0.05, 0.1) is 10.6 Å². The first-order chi connectivity index (χ1) is 6.06. The molecule has 1 aromatic carbocycles. The highest BCUT2D eigenvalue weighted by molar-refractivity contribution is 6.30. The zero-order valence-electron chi connectivity index (χ0n) is 6.14. The molecule has 0 atom stereocenters. The van der Waals surface area contributed by atoms with Gasteiger partial charge in [-0.15, -0.1) is 0 Å². The van der Waals surface area contributed by atoms with Crippen molar-refractivity contribution in [3.05, 3.63) is 34.4 Å². The Morgan fingerprint density at radius 1 is 1.38 bits per heavy atom. The quantitative estimate of drug-likeness (QED) is 0.419. The average molecular weight is 208 g/mol. The van der Waals surface area contributed by atoms with Gasteiger partial charge >= 0.3 is 0 Å². The fourth-order valence-corrected chi connectivity index (χ4v) is 0.907. The maximum atomic E-state index is 12.8. The molecule has 1 amide bonds. The van der Waals surface area contributed by atoms with E-state index in [-0.39, 0.29) is 0 Å². The van der Waals surface area contributed by atoms with Crippen molar-refractivity contribution >= 4 is 17.5 Å². The van der Waals surface area contributed by atoms with Gasteiger partial charge in [0, 0.05) is 0 Å². The first kappa shape index (κ1) is 9.88. The normalized spacial score (nSPS) is 9.85. The molecule has 0 fully saturated rings. The Morgan fingerprint density at radius 2 is 2.00 bits per heavy atom. The van der Waals surface area contributed by atoms with Crippen LogP contribution in [0.3, 0.4) is 0 Å². The minimum absolute atomic E-state index is 0.424. The number of amides is 1. The molecule has 2 N–H and O–H groups in total. The highest BCUT2D eigenvalue weighted by Gasteiger charge is 2.14. The van der Waals surface area contributed by atoms with Crippen molar-refractivity contribution in [2.75, 3.05) is 0 Å². The first-order valence-corrected chi connectivity index (χ1v) is 3.53. The minimum atomic E-state index is -1.13. The topological polar surface area (TPSA) is 49.3 Å². The molecule has 1 rings (SSSR count). The Bertz CT molecular complexity index is 357. The van der Waals surface area contributed by atoms with Crippen LogP contribution in [0.25, 0.3) is 0 Å². The van der Waals surface area contributed by atoms with Gasteiger partial charge in [-0.05, 0) is 12.1 Å². The summed E-state index contributed by atoms with van der Waals surface area (Å²) >= 11 is 5.22. The van der Waals surface area contributed by atoms with Crippen LogP contribution < -0.4 is 5.48 Å². The van der Waals surface area contributed by atoms with Crippen molar-refractivity contribution < 1.29 is 18.8 Å². The Kier molecular flexibility index (Phi) is 2.79. The number of hydrogen-bond acceptors (Lipinski definition) is 2. The molecule has 0 radical (unpaired) electrons.